The first kappa shape index (κ1) is 25.4. The van der Waals surface area contributed by atoms with Gasteiger partial charge in [-0.25, -0.2) is 23.4 Å². The molecule has 0 saturated carbocycles. The molecule has 0 saturated heterocycles. The number of aromatic nitrogens is 3. The highest BCUT2D eigenvalue weighted by Gasteiger charge is 2.26. The highest BCUT2D eigenvalue weighted by Crippen LogP contribution is 2.28. The average molecular weight is 524 g/mol. The zero-order valence-corrected chi connectivity index (χ0v) is 21.4. The molecule has 0 fully saturated rings. The van der Waals surface area contributed by atoms with Gasteiger partial charge in [0.2, 0.25) is 0 Å². The highest BCUT2D eigenvalue weighted by molar-refractivity contribution is 7.89. The molecule has 0 spiro atoms. The maximum absolute atomic E-state index is 13.5. The lowest BCUT2D eigenvalue weighted by Crippen LogP contribution is -2.31. The van der Waals surface area contributed by atoms with Crippen LogP contribution in [-0.2, 0) is 27.9 Å². The largest absolute Gasteiger partial charge is 0.480 e. The topological polar surface area (TPSA) is 125 Å². The van der Waals surface area contributed by atoms with Crippen molar-refractivity contribution < 1.29 is 18.3 Å². The van der Waals surface area contributed by atoms with Gasteiger partial charge in [0.05, 0.1) is 17.9 Å². The van der Waals surface area contributed by atoms with Gasteiger partial charge in [0.15, 0.2) is 5.03 Å². The molecule has 0 aliphatic heterocycles. The standard InChI is InChI=1S/C25H25N5O4S2/c1-17-18(2)35-25(28-17)20-11-9-19(10-12-20)15-30(36(33,34)23-8-3-4-13-26-23)16-21-6-5-7-22(29-21)27-14-24(31)32/h3-13H,14-16H2,1-2H3,(H,27,29)(H,31,32). The predicted molar refractivity (Wildman–Crippen MR) is 138 cm³/mol. The molecule has 3 heterocycles. The molecule has 186 valence electrons. The van der Waals surface area contributed by atoms with Crippen LogP contribution in [0.1, 0.15) is 21.8 Å². The van der Waals surface area contributed by atoms with Crippen LogP contribution in [0.15, 0.2) is 71.9 Å². The van der Waals surface area contributed by atoms with E-state index in [1.807, 2.05) is 38.1 Å². The number of thiazole rings is 1. The van der Waals surface area contributed by atoms with Crippen LogP contribution in [0.25, 0.3) is 10.6 Å². The number of hydrogen-bond donors (Lipinski definition) is 2. The van der Waals surface area contributed by atoms with Gasteiger partial charge < -0.3 is 10.4 Å². The molecule has 3 aromatic heterocycles. The van der Waals surface area contributed by atoms with Gasteiger partial charge >= 0.3 is 5.97 Å². The molecule has 0 radical (unpaired) electrons. The fourth-order valence-corrected chi connectivity index (χ4v) is 5.67. The summed E-state index contributed by atoms with van der Waals surface area (Å²) >= 11 is 1.62. The molecule has 0 amide bonds. The number of pyridine rings is 2. The van der Waals surface area contributed by atoms with E-state index in [4.69, 9.17) is 5.11 Å². The third kappa shape index (κ3) is 6.11. The Kier molecular flexibility index (Phi) is 7.73. The Morgan fingerprint density at radius 2 is 1.78 bits per heavy atom. The van der Waals surface area contributed by atoms with Gasteiger partial charge in [-0.15, -0.1) is 11.3 Å². The van der Waals surface area contributed by atoms with Crippen LogP contribution in [0.5, 0.6) is 0 Å². The summed E-state index contributed by atoms with van der Waals surface area (Å²) in [4.78, 5) is 25.1. The molecule has 0 aliphatic rings. The first-order valence-corrected chi connectivity index (χ1v) is 13.3. The molecular formula is C25H25N5O4S2. The second-order valence-corrected chi connectivity index (χ2v) is 11.1. The molecule has 4 aromatic rings. The third-order valence-corrected chi connectivity index (χ3v) is 8.23. The zero-order chi connectivity index (χ0) is 25.7. The average Bonchev–Trinajstić information content (AvgIpc) is 3.21. The fraction of sp³-hybridized carbons (Fsp3) is 0.200. The number of rotatable bonds is 10. The zero-order valence-electron chi connectivity index (χ0n) is 19.7. The molecule has 2 N–H and O–H groups in total. The normalized spacial score (nSPS) is 11.5. The number of aryl methyl sites for hydroxylation is 2. The number of hydrogen-bond acceptors (Lipinski definition) is 8. The van der Waals surface area contributed by atoms with Crippen LogP contribution in [0.3, 0.4) is 0 Å². The minimum absolute atomic E-state index is 0.0197. The van der Waals surface area contributed by atoms with E-state index in [-0.39, 0.29) is 24.7 Å². The number of carboxylic acids is 1. The number of carboxylic acid groups (broad SMARTS) is 1. The van der Waals surface area contributed by atoms with Crippen molar-refractivity contribution >= 4 is 33.1 Å². The van der Waals surface area contributed by atoms with Crippen molar-refractivity contribution in [3.63, 3.8) is 0 Å². The monoisotopic (exact) mass is 523 g/mol. The van der Waals surface area contributed by atoms with Gasteiger partial charge in [-0.05, 0) is 43.7 Å². The van der Waals surface area contributed by atoms with Gasteiger partial charge in [0.25, 0.3) is 10.0 Å². The van der Waals surface area contributed by atoms with Gasteiger partial charge in [0.1, 0.15) is 17.4 Å². The Morgan fingerprint density at radius 3 is 2.42 bits per heavy atom. The summed E-state index contributed by atoms with van der Waals surface area (Å²) in [7, 11) is -3.94. The summed E-state index contributed by atoms with van der Waals surface area (Å²) in [6.07, 6.45) is 1.44. The molecule has 0 aliphatic carbocycles. The Hall–Kier alpha value is -3.67. The maximum Gasteiger partial charge on any atom is 0.322 e. The van der Waals surface area contributed by atoms with E-state index in [0.717, 1.165) is 26.7 Å². The lowest BCUT2D eigenvalue weighted by molar-refractivity contribution is -0.134. The second-order valence-electron chi connectivity index (χ2n) is 8.06. The maximum atomic E-state index is 13.5. The van der Waals surface area contributed by atoms with Crippen molar-refractivity contribution in [2.24, 2.45) is 0 Å². The summed E-state index contributed by atoms with van der Waals surface area (Å²) in [6, 6.07) is 17.4. The van der Waals surface area contributed by atoms with Crippen molar-refractivity contribution in [1.82, 2.24) is 19.3 Å². The fourth-order valence-electron chi connectivity index (χ4n) is 3.42. The van der Waals surface area contributed by atoms with E-state index < -0.39 is 16.0 Å². The minimum atomic E-state index is -3.94. The van der Waals surface area contributed by atoms with Crippen molar-refractivity contribution in [3.8, 4) is 10.6 Å². The SMILES string of the molecule is Cc1nc(-c2ccc(CN(Cc3cccc(NCC(=O)O)n3)S(=O)(=O)c3ccccn3)cc2)sc1C. The van der Waals surface area contributed by atoms with Crippen LogP contribution in [0.4, 0.5) is 5.82 Å². The molecule has 1 aromatic carbocycles. The number of sulfonamides is 1. The molecule has 11 heteroatoms. The van der Waals surface area contributed by atoms with E-state index in [9.17, 15) is 13.2 Å². The van der Waals surface area contributed by atoms with E-state index in [1.165, 1.54) is 16.6 Å². The number of aliphatic carboxylic acids is 1. The van der Waals surface area contributed by atoms with Crippen LogP contribution in [-0.4, -0.2) is 45.3 Å². The third-order valence-electron chi connectivity index (χ3n) is 5.40. The first-order chi connectivity index (χ1) is 17.2. The van der Waals surface area contributed by atoms with Crippen LogP contribution in [0.2, 0.25) is 0 Å². The molecule has 36 heavy (non-hydrogen) atoms. The van der Waals surface area contributed by atoms with E-state index in [1.54, 1.807) is 41.7 Å². The molecule has 9 nitrogen and oxygen atoms in total. The Labute approximate surface area is 213 Å². The number of carbonyl (C=O) groups is 1. The summed E-state index contributed by atoms with van der Waals surface area (Å²) in [5, 5.41) is 12.5. The highest BCUT2D eigenvalue weighted by atomic mass is 32.2. The van der Waals surface area contributed by atoms with Crippen molar-refractivity contribution in [1.29, 1.82) is 0 Å². The minimum Gasteiger partial charge on any atom is -0.480 e. The molecule has 0 bridgehead atoms. The second kappa shape index (κ2) is 10.9. The van der Waals surface area contributed by atoms with Crippen molar-refractivity contribution in [2.45, 2.75) is 32.0 Å². The Morgan fingerprint density at radius 1 is 1.00 bits per heavy atom. The number of anilines is 1. The van der Waals surface area contributed by atoms with Gasteiger partial charge in [-0.2, -0.15) is 4.31 Å². The summed E-state index contributed by atoms with van der Waals surface area (Å²) in [6.45, 7) is 3.80. The molecular weight excluding hydrogens is 498 g/mol. The Balaban J connectivity index is 1.61. The lowest BCUT2D eigenvalue weighted by Gasteiger charge is -2.22. The van der Waals surface area contributed by atoms with E-state index >= 15 is 0 Å². The molecule has 4 rings (SSSR count). The number of nitrogens with one attached hydrogen (secondary N) is 1. The first-order valence-electron chi connectivity index (χ1n) is 11.1. The summed E-state index contributed by atoms with van der Waals surface area (Å²) in [5.41, 5.74) is 3.23. The van der Waals surface area contributed by atoms with Crippen LogP contribution < -0.4 is 5.32 Å². The van der Waals surface area contributed by atoms with Crippen molar-refractivity contribution in [2.75, 3.05) is 11.9 Å². The van der Waals surface area contributed by atoms with E-state index in [0.29, 0.717) is 11.5 Å². The molecule has 0 atom stereocenters. The van der Waals surface area contributed by atoms with Gasteiger partial charge in [-0.1, -0.05) is 36.4 Å². The van der Waals surface area contributed by atoms with Crippen molar-refractivity contribution in [3.05, 3.63) is 88.7 Å². The van der Waals surface area contributed by atoms with Crippen LogP contribution >= 0.6 is 11.3 Å². The smallest absolute Gasteiger partial charge is 0.322 e. The van der Waals surface area contributed by atoms with Gasteiger partial charge in [-0.3, -0.25) is 4.79 Å². The number of nitrogens with zero attached hydrogens (tertiary/aromatic N) is 4. The molecule has 0 unspecified atom stereocenters. The van der Waals surface area contributed by atoms with E-state index in [2.05, 4.69) is 20.3 Å². The summed E-state index contributed by atoms with van der Waals surface area (Å²) in [5.74, 6) is -0.670. The predicted octanol–water partition coefficient (Wildman–Crippen LogP) is 4.10. The van der Waals surface area contributed by atoms with Gasteiger partial charge in [0, 0.05) is 23.2 Å². The summed E-state index contributed by atoms with van der Waals surface area (Å²) < 4.78 is 28.3. The number of benzene rings is 1. The Bertz CT molecular complexity index is 1440. The van der Waals surface area contributed by atoms with Crippen LogP contribution in [0, 0.1) is 13.8 Å². The quantitative estimate of drug-likeness (QED) is 0.318. The lowest BCUT2D eigenvalue weighted by atomic mass is 10.1.